The Balaban J connectivity index is 0.00000441. The number of nitrogens with one attached hydrogen (secondary N) is 2. The lowest BCUT2D eigenvalue weighted by atomic mass is 10.3. The topological polar surface area (TPSA) is 142 Å². The molecule has 214 valence electrons. The van der Waals surface area contributed by atoms with E-state index < -0.39 is 23.1 Å². The lowest BCUT2D eigenvalue weighted by molar-refractivity contribution is -0.124. The molecule has 3 heterocycles. The normalized spacial score (nSPS) is 16.2. The third kappa shape index (κ3) is 8.94. The molecule has 1 aliphatic heterocycles. The van der Waals surface area contributed by atoms with Crippen LogP contribution in [0.15, 0.2) is 44.8 Å². The van der Waals surface area contributed by atoms with Crippen LogP contribution in [0.25, 0.3) is 12.2 Å². The number of carbonyl (C=O) groups excluding carboxylic acids is 5. The van der Waals surface area contributed by atoms with E-state index in [2.05, 4.69) is 10.6 Å². The van der Waals surface area contributed by atoms with Gasteiger partial charge < -0.3 is 16.4 Å². The molecule has 0 atom stereocenters. The minimum absolute atomic E-state index is 0. The Morgan fingerprint density at radius 3 is 2.45 bits per heavy atom. The van der Waals surface area contributed by atoms with Crippen molar-refractivity contribution in [1.29, 1.82) is 0 Å². The van der Waals surface area contributed by atoms with Crippen LogP contribution in [0.3, 0.4) is 0 Å². The van der Waals surface area contributed by atoms with Gasteiger partial charge in [-0.05, 0) is 59.6 Å². The van der Waals surface area contributed by atoms with Crippen LogP contribution in [0.2, 0.25) is 0 Å². The lowest BCUT2D eigenvalue weighted by Gasteiger charge is -2.22. The highest BCUT2D eigenvalue weighted by atomic mass is 35.5. The van der Waals surface area contributed by atoms with Gasteiger partial charge in [-0.25, -0.2) is 4.79 Å². The summed E-state index contributed by atoms with van der Waals surface area (Å²) in [6.07, 6.45) is 5.23. The van der Waals surface area contributed by atoms with Crippen molar-refractivity contribution in [3.8, 4) is 0 Å². The monoisotopic (exact) mass is 641 g/mol. The number of halogens is 1. The zero-order valence-corrected chi connectivity index (χ0v) is 25.3. The summed E-state index contributed by atoms with van der Waals surface area (Å²) in [6, 6.07) is 6.88. The predicted octanol–water partition coefficient (Wildman–Crippen LogP) is 3.82. The molecule has 2 aliphatic rings. The molecule has 0 spiro atoms. The molecular weight excluding hydrogens is 614 g/mol. The molecule has 1 aliphatic carbocycles. The van der Waals surface area contributed by atoms with E-state index in [0.29, 0.717) is 4.91 Å². The number of rotatable bonds is 12. The van der Waals surface area contributed by atoms with Gasteiger partial charge in [0, 0.05) is 42.0 Å². The van der Waals surface area contributed by atoms with E-state index in [4.69, 9.17) is 5.73 Å². The van der Waals surface area contributed by atoms with Gasteiger partial charge in [0.2, 0.25) is 5.91 Å². The molecule has 0 radical (unpaired) electrons. The van der Waals surface area contributed by atoms with Crippen LogP contribution in [0.1, 0.15) is 22.6 Å². The summed E-state index contributed by atoms with van der Waals surface area (Å²) >= 11 is 4.79. The molecular formula is C25H28ClN5O5S4. The van der Waals surface area contributed by atoms with Crippen LogP contribution >= 0.6 is 58.6 Å². The fourth-order valence-electron chi connectivity index (χ4n) is 3.43. The number of nitrogens with two attached hydrogens (primary N) is 1. The smallest absolute Gasteiger partial charge is 0.324 e. The Morgan fingerprint density at radius 1 is 1.12 bits per heavy atom. The molecule has 0 unspecified atom stereocenters. The summed E-state index contributed by atoms with van der Waals surface area (Å²) in [6.45, 7) is -0.101. The Morgan fingerprint density at radius 2 is 1.82 bits per heavy atom. The standard InChI is InChI=1S/C25H27N5O5S4.ClH/c26-7-9-29(22(32)19(13-17-3-1-11-36-17)38-15-21(31)28-16-5-6-16)24(34)27-8-10-30-23(33)20(39-25(30)35)14-18-4-2-12-37-18;/h1-4,11-14,16H,5-10,15,26H2,(H,27,34)(H,28,31);1H. The minimum Gasteiger partial charge on any atom is -0.353 e. The van der Waals surface area contributed by atoms with Crippen molar-refractivity contribution in [2.75, 3.05) is 31.9 Å². The van der Waals surface area contributed by atoms with Crippen LogP contribution in [0.5, 0.6) is 0 Å². The number of hydrogen-bond donors (Lipinski definition) is 3. The molecule has 2 fully saturated rings. The molecule has 4 rings (SSSR count). The van der Waals surface area contributed by atoms with Gasteiger partial charge in [-0.1, -0.05) is 12.1 Å². The number of carbonyl (C=O) groups is 5. The maximum absolute atomic E-state index is 13.4. The van der Waals surface area contributed by atoms with E-state index in [1.165, 1.54) is 22.7 Å². The summed E-state index contributed by atoms with van der Waals surface area (Å²) in [5.74, 6) is -1.15. The van der Waals surface area contributed by atoms with Gasteiger partial charge in [-0.3, -0.25) is 29.0 Å². The summed E-state index contributed by atoms with van der Waals surface area (Å²) in [4.78, 5) is 68.0. The molecule has 0 bridgehead atoms. The van der Waals surface area contributed by atoms with Crippen molar-refractivity contribution in [1.82, 2.24) is 20.4 Å². The second-order valence-electron chi connectivity index (χ2n) is 8.48. The van der Waals surface area contributed by atoms with Crippen molar-refractivity contribution in [3.05, 3.63) is 54.6 Å². The van der Waals surface area contributed by atoms with Crippen molar-refractivity contribution in [2.24, 2.45) is 5.73 Å². The maximum Gasteiger partial charge on any atom is 0.324 e. The summed E-state index contributed by atoms with van der Waals surface area (Å²) in [5.41, 5.74) is 5.69. The number of thiophene rings is 2. The lowest BCUT2D eigenvalue weighted by Crippen LogP contribution is -2.48. The van der Waals surface area contributed by atoms with Gasteiger partial charge in [-0.2, -0.15) is 0 Å². The van der Waals surface area contributed by atoms with E-state index in [0.717, 1.165) is 55.9 Å². The van der Waals surface area contributed by atoms with Crippen LogP contribution in [0, 0.1) is 0 Å². The summed E-state index contributed by atoms with van der Waals surface area (Å²) in [5, 5.41) is 8.82. The molecule has 0 aromatic carbocycles. The number of imide groups is 2. The second kappa shape index (κ2) is 15.4. The third-order valence-electron chi connectivity index (χ3n) is 5.47. The zero-order chi connectivity index (χ0) is 27.8. The van der Waals surface area contributed by atoms with E-state index in [9.17, 15) is 24.0 Å². The zero-order valence-electron chi connectivity index (χ0n) is 21.2. The van der Waals surface area contributed by atoms with Crippen molar-refractivity contribution >= 4 is 99.7 Å². The molecule has 40 heavy (non-hydrogen) atoms. The van der Waals surface area contributed by atoms with Gasteiger partial charge in [-0.15, -0.1) is 46.8 Å². The number of thioether (sulfide) groups is 2. The molecule has 4 N–H and O–H groups in total. The molecule has 1 saturated heterocycles. The molecule has 10 nitrogen and oxygen atoms in total. The largest absolute Gasteiger partial charge is 0.353 e. The maximum atomic E-state index is 13.4. The van der Waals surface area contributed by atoms with E-state index in [-0.39, 0.29) is 61.2 Å². The van der Waals surface area contributed by atoms with Crippen molar-refractivity contribution < 1.29 is 24.0 Å². The van der Waals surface area contributed by atoms with Gasteiger partial charge in [0.1, 0.15) is 0 Å². The second-order valence-corrected chi connectivity index (χ2v) is 12.4. The van der Waals surface area contributed by atoms with Crippen LogP contribution in [0.4, 0.5) is 9.59 Å². The predicted molar refractivity (Wildman–Crippen MR) is 164 cm³/mol. The van der Waals surface area contributed by atoms with E-state index >= 15 is 0 Å². The van der Waals surface area contributed by atoms with Gasteiger partial charge >= 0.3 is 6.03 Å². The molecule has 1 saturated carbocycles. The quantitative estimate of drug-likeness (QED) is 0.297. The van der Waals surface area contributed by atoms with Crippen molar-refractivity contribution in [2.45, 2.75) is 18.9 Å². The van der Waals surface area contributed by atoms with Gasteiger partial charge in [0.25, 0.3) is 17.1 Å². The third-order valence-corrected chi connectivity index (χ3v) is 9.03. The first-order valence-electron chi connectivity index (χ1n) is 12.1. The minimum atomic E-state index is -0.702. The van der Waals surface area contributed by atoms with E-state index in [1.54, 1.807) is 12.2 Å². The molecule has 2 aromatic heterocycles. The highest BCUT2D eigenvalue weighted by Crippen LogP contribution is 2.32. The van der Waals surface area contributed by atoms with Crippen LogP contribution in [-0.4, -0.2) is 76.8 Å². The van der Waals surface area contributed by atoms with Crippen LogP contribution in [-0.2, 0) is 14.4 Å². The molecule has 15 heteroatoms. The number of nitrogens with zero attached hydrogens (tertiary/aromatic N) is 2. The Labute approximate surface area is 254 Å². The number of urea groups is 1. The first kappa shape index (κ1) is 31.9. The van der Waals surface area contributed by atoms with Crippen molar-refractivity contribution in [3.63, 3.8) is 0 Å². The highest BCUT2D eigenvalue weighted by molar-refractivity contribution is 8.18. The first-order valence-corrected chi connectivity index (χ1v) is 15.7. The Kier molecular flexibility index (Phi) is 12.3. The molecule has 2 aromatic rings. The first-order chi connectivity index (χ1) is 18.9. The Hall–Kier alpha value is -2.62. The average Bonchev–Trinajstić information content (AvgIpc) is 3.26. The molecule has 6 amide bonds. The van der Waals surface area contributed by atoms with E-state index in [1.807, 2.05) is 35.0 Å². The highest BCUT2D eigenvalue weighted by Gasteiger charge is 2.35. The fourth-order valence-corrected chi connectivity index (χ4v) is 6.56. The van der Waals surface area contributed by atoms with Crippen LogP contribution < -0.4 is 16.4 Å². The van der Waals surface area contributed by atoms with Gasteiger partial charge in [0.15, 0.2) is 0 Å². The number of amides is 6. The Bertz CT molecular complexity index is 1280. The summed E-state index contributed by atoms with van der Waals surface area (Å²) < 4.78 is 0. The fraction of sp³-hybridized carbons (Fsp3) is 0.320. The average molecular weight is 642 g/mol. The summed E-state index contributed by atoms with van der Waals surface area (Å²) in [7, 11) is 0. The van der Waals surface area contributed by atoms with Gasteiger partial charge in [0.05, 0.1) is 15.6 Å². The number of hydrogen-bond acceptors (Lipinski definition) is 10. The SMILES string of the molecule is Cl.NCCN(C(=O)NCCN1C(=O)SC(=Cc2cccs2)C1=O)C(=O)C(=Cc1cccs1)SCC(=O)NC1CC1.